The summed E-state index contributed by atoms with van der Waals surface area (Å²) in [5, 5.41) is 0. The number of hydrogen-bond donors (Lipinski definition) is 0. The molecule has 0 saturated heterocycles. The van der Waals surface area contributed by atoms with Crippen molar-refractivity contribution in [3.63, 3.8) is 0 Å². The van der Waals surface area contributed by atoms with Gasteiger partial charge in [-0.15, -0.1) is 0 Å². The molecular weight excluding hydrogens is 272 g/mol. The Hall–Kier alpha value is -1.00. The van der Waals surface area contributed by atoms with Crippen LogP contribution in [0.5, 0.6) is 0 Å². The average Bonchev–Trinajstić information content (AvgIpc) is 2.35. The fraction of sp³-hybridized carbons (Fsp3) is 0.375. The Bertz CT molecular complexity index is 407. The molecule has 1 heteroatoms. The Morgan fingerprint density at radius 1 is 1.18 bits per heavy atom. The Morgan fingerprint density at radius 2 is 2.00 bits per heavy atom. The predicted octanol–water partition coefficient (Wildman–Crippen LogP) is 5.44. The third kappa shape index (κ3) is 6.34. The minimum absolute atomic E-state index is 1.01. The average molecular weight is 291 g/mol. The molecule has 1 rings (SSSR count). The highest BCUT2D eigenvalue weighted by Crippen LogP contribution is 2.16. The van der Waals surface area contributed by atoms with Crippen molar-refractivity contribution in [2.45, 2.75) is 39.0 Å². The first-order valence-corrected chi connectivity index (χ1v) is 7.03. The zero-order valence-electron chi connectivity index (χ0n) is 10.4. The van der Waals surface area contributed by atoms with Crippen LogP contribution in [0.2, 0.25) is 0 Å². The largest absolute Gasteiger partial charge is 0.0985 e. The molecule has 0 N–H and O–H groups in total. The van der Waals surface area contributed by atoms with E-state index in [2.05, 4.69) is 40.8 Å². The van der Waals surface area contributed by atoms with Gasteiger partial charge in [-0.25, -0.2) is 0 Å². The molecule has 0 unspecified atom stereocenters. The summed E-state index contributed by atoms with van der Waals surface area (Å²) in [4.78, 5) is 0. The number of unbranched alkanes of at least 4 members (excludes halogenated alkanes) is 4. The first-order chi connectivity index (χ1) is 8.34. The molecule has 0 atom stereocenters. The molecule has 0 saturated carbocycles. The lowest BCUT2D eigenvalue weighted by atomic mass is 10.1. The summed E-state index contributed by atoms with van der Waals surface area (Å²) in [6.45, 7) is 2.23. The molecule has 0 spiro atoms. The van der Waals surface area contributed by atoms with Gasteiger partial charge in [-0.3, -0.25) is 0 Å². The molecule has 17 heavy (non-hydrogen) atoms. The summed E-state index contributed by atoms with van der Waals surface area (Å²) in [6, 6.07) is 8.16. The Balaban J connectivity index is 2.31. The second-order valence-corrected chi connectivity index (χ2v) is 4.84. The second-order valence-electron chi connectivity index (χ2n) is 3.99. The molecule has 0 nitrogen and oxygen atoms in total. The summed E-state index contributed by atoms with van der Waals surface area (Å²) in [5.74, 6) is 6.27. The number of benzene rings is 1. The van der Waals surface area contributed by atoms with Crippen molar-refractivity contribution in [1.29, 1.82) is 0 Å². The molecule has 0 fully saturated rings. The smallest absolute Gasteiger partial charge is 0.0247 e. The molecular formula is C16H19Br. The van der Waals surface area contributed by atoms with Crippen molar-refractivity contribution >= 4 is 22.0 Å². The molecule has 0 aliphatic heterocycles. The molecule has 0 aliphatic rings. The van der Waals surface area contributed by atoms with Crippen LogP contribution in [-0.2, 0) is 0 Å². The van der Waals surface area contributed by atoms with E-state index in [0.29, 0.717) is 0 Å². The first kappa shape index (κ1) is 14.1. The minimum atomic E-state index is 1.01. The highest BCUT2D eigenvalue weighted by Gasteiger charge is 1.90. The lowest BCUT2D eigenvalue weighted by Crippen LogP contribution is -1.74. The normalized spacial score (nSPS) is 10.2. The van der Waals surface area contributed by atoms with Gasteiger partial charge >= 0.3 is 0 Å². The predicted molar refractivity (Wildman–Crippen MR) is 79.7 cm³/mol. The summed E-state index contributed by atoms with van der Waals surface area (Å²) in [7, 11) is 0. The highest BCUT2D eigenvalue weighted by molar-refractivity contribution is 9.10. The summed E-state index contributed by atoms with van der Waals surface area (Å²) >= 11 is 3.51. The molecule has 0 bridgehead atoms. The standard InChI is InChI=1S/C16H19Br/c1-2-3-4-5-6-7-8-9-12-15-13-10-11-14-16(15)17/h9-14H,2-6H2,1H3/b12-9-. The van der Waals surface area contributed by atoms with E-state index >= 15 is 0 Å². The molecule has 1 aromatic carbocycles. The van der Waals surface area contributed by atoms with Crippen LogP contribution in [0.1, 0.15) is 44.6 Å². The number of allylic oxidation sites excluding steroid dienone is 1. The quantitative estimate of drug-likeness (QED) is 0.501. The van der Waals surface area contributed by atoms with Gasteiger partial charge in [0.2, 0.25) is 0 Å². The van der Waals surface area contributed by atoms with Crippen LogP contribution in [0.25, 0.3) is 6.08 Å². The van der Waals surface area contributed by atoms with Gasteiger partial charge in [0, 0.05) is 10.9 Å². The maximum atomic E-state index is 3.51. The third-order valence-corrected chi connectivity index (χ3v) is 3.23. The molecule has 90 valence electrons. The van der Waals surface area contributed by atoms with E-state index in [9.17, 15) is 0 Å². The number of hydrogen-bond acceptors (Lipinski definition) is 0. The molecule has 0 aromatic heterocycles. The van der Waals surface area contributed by atoms with Crippen molar-refractivity contribution in [1.82, 2.24) is 0 Å². The van der Waals surface area contributed by atoms with Crippen molar-refractivity contribution in [3.8, 4) is 11.8 Å². The molecule has 0 amide bonds. The van der Waals surface area contributed by atoms with E-state index < -0.39 is 0 Å². The molecule has 0 heterocycles. The van der Waals surface area contributed by atoms with Crippen molar-refractivity contribution in [3.05, 3.63) is 40.4 Å². The van der Waals surface area contributed by atoms with E-state index in [0.717, 1.165) is 10.9 Å². The van der Waals surface area contributed by atoms with Crippen LogP contribution >= 0.6 is 15.9 Å². The monoisotopic (exact) mass is 290 g/mol. The van der Waals surface area contributed by atoms with Gasteiger partial charge in [-0.05, 0) is 30.2 Å². The van der Waals surface area contributed by atoms with Crippen LogP contribution in [0.3, 0.4) is 0 Å². The lowest BCUT2D eigenvalue weighted by Gasteiger charge is -1.94. The van der Waals surface area contributed by atoms with Crippen molar-refractivity contribution in [2.24, 2.45) is 0 Å². The van der Waals surface area contributed by atoms with Crippen LogP contribution in [0.4, 0.5) is 0 Å². The van der Waals surface area contributed by atoms with E-state index in [1.165, 1.54) is 31.2 Å². The van der Waals surface area contributed by atoms with Crippen LogP contribution in [0, 0.1) is 11.8 Å². The van der Waals surface area contributed by atoms with Gasteiger partial charge in [0.15, 0.2) is 0 Å². The first-order valence-electron chi connectivity index (χ1n) is 6.24. The van der Waals surface area contributed by atoms with Crippen molar-refractivity contribution in [2.75, 3.05) is 0 Å². The highest BCUT2D eigenvalue weighted by atomic mass is 79.9. The molecule has 0 aliphatic carbocycles. The zero-order chi connectivity index (χ0) is 12.3. The van der Waals surface area contributed by atoms with E-state index in [1.54, 1.807) is 0 Å². The van der Waals surface area contributed by atoms with E-state index in [-0.39, 0.29) is 0 Å². The lowest BCUT2D eigenvalue weighted by molar-refractivity contribution is 0.680. The van der Waals surface area contributed by atoms with Gasteiger partial charge in [0.05, 0.1) is 0 Å². The fourth-order valence-corrected chi connectivity index (χ4v) is 1.93. The SMILES string of the molecule is CCCCCCC#C/C=C\c1ccccc1Br. The topological polar surface area (TPSA) is 0 Å². The molecule has 0 radical (unpaired) electrons. The summed E-state index contributed by atoms with van der Waals surface area (Å²) in [6.07, 6.45) is 10.1. The minimum Gasteiger partial charge on any atom is -0.0985 e. The summed E-state index contributed by atoms with van der Waals surface area (Å²) in [5.41, 5.74) is 1.17. The van der Waals surface area contributed by atoms with Crippen LogP contribution in [0.15, 0.2) is 34.8 Å². The van der Waals surface area contributed by atoms with E-state index in [4.69, 9.17) is 0 Å². The van der Waals surface area contributed by atoms with Gasteiger partial charge in [-0.1, -0.05) is 72.2 Å². The number of rotatable bonds is 5. The maximum absolute atomic E-state index is 3.51. The Labute approximate surface area is 113 Å². The van der Waals surface area contributed by atoms with Crippen LogP contribution < -0.4 is 0 Å². The van der Waals surface area contributed by atoms with Gasteiger partial charge in [0.25, 0.3) is 0 Å². The van der Waals surface area contributed by atoms with Gasteiger partial charge in [-0.2, -0.15) is 0 Å². The van der Waals surface area contributed by atoms with Gasteiger partial charge in [0.1, 0.15) is 0 Å². The Morgan fingerprint density at radius 3 is 2.76 bits per heavy atom. The van der Waals surface area contributed by atoms with E-state index in [1.807, 2.05) is 30.4 Å². The van der Waals surface area contributed by atoms with Crippen molar-refractivity contribution < 1.29 is 0 Å². The summed E-state index contributed by atoms with van der Waals surface area (Å²) < 4.78 is 1.11. The molecule has 1 aromatic rings. The second kappa shape index (κ2) is 9.07. The third-order valence-electron chi connectivity index (χ3n) is 2.51. The fourth-order valence-electron chi connectivity index (χ4n) is 1.51. The van der Waals surface area contributed by atoms with Gasteiger partial charge < -0.3 is 0 Å². The van der Waals surface area contributed by atoms with Crippen LogP contribution in [-0.4, -0.2) is 0 Å². The Kier molecular flexibility index (Phi) is 7.51. The zero-order valence-corrected chi connectivity index (χ0v) is 12.0. The number of halogens is 1. The maximum Gasteiger partial charge on any atom is 0.0247 e.